The lowest BCUT2D eigenvalue weighted by Crippen LogP contribution is -2.03. The van der Waals surface area contributed by atoms with Gasteiger partial charge in [0.05, 0.1) is 7.11 Å². The molecule has 1 unspecified atom stereocenters. The average molecular weight is 290 g/mol. The molecule has 0 aliphatic rings. The fourth-order valence-electron chi connectivity index (χ4n) is 1.96. The first-order chi connectivity index (χ1) is 9.20. The number of methoxy groups -OCH3 is 1. The van der Waals surface area contributed by atoms with Crippen LogP contribution < -0.4 is 0 Å². The molecule has 0 bridgehead atoms. The summed E-state index contributed by atoms with van der Waals surface area (Å²) in [7, 11) is 0.815. The molecule has 0 aromatic rings. The summed E-state index contributed by atoms with van der Waals surface area (Å²) in [4.78, 5) is 10.9. The average Bonchev–Trinajstić information content (AvgIpc) is 2.42. The smallest absolute Gasteiger partial charge is 0.305 e. The van der Waals surface area contributed by atoms with Crippen LogP contribution in [-0.2, 0) is 20.3 Å². The van der Waals surface area contributed by atoms with Crippen LogP contribution in [0.25, 0.3) is 0 Å². The highest BCUT2D eigenvalue weighted by Crippen LogP contribution is 2.07. The van der Waals surface area contributed by atoms with E-state index in [9.17, 15) is 9.00 Å². The van der Waals surface area contributed by atoms with E-state index < -0.39 is 10.8 Å². The zero-order valence-corrected chi connectivity index (χ0v) is 13.4. The Kier molecular flexibility index (Phi) is 13.8. The van der Waals surface area contributed by atoms with E-state index in [0.717, 1.165) is 50.0 Å². The van der Waals surface area contributed by atoms with Crippen molar-refractivity contribution in [2.75, 3.05) is 18.6 Å². The van der Waals surface area contributed by atoms with Crippen molar-refractivity contribution < 1.29 is 13.7 Å². The van der Waals surface area contributed by atoms with E-state index >= 15 is 0 Å². The summed E-state index contributed by atoms with van der Waals surface area (Å²) in [5.74, 6) is 1.61. The van der Waals surface area contributed by atoms with Crippen LogP contribution in [0.15, 0.2) is 0 Å². The molecule has 0 heterocycles. The van der Waals surface area contributed by atoms with Gasteiger partial charge in [0.1, 0.15) is 0 Å². The number of hydrogen-bond acceptors (Lipinski definition) is 3. The first-order valence-corrected chi connectivity index (χ1v) is 9.11. The summed E-state index contributed by atoms with van der Waals surface area (Å²) in [6.07, 6.45) is 10.6. The van der Waals surface area contributed by atoms with Gasteiger partial charge in [-0.05, 0) is 19.3 Å². The van der Waals surface area contributed by atoms with Gasteiger partial charge >= 0.3 is 5.97 Å². The van der Waals surface area contributed by atoms with Crippen molar-refractivity contribution in [1.82, 2.24) is 0 Å². The van der Waals surface area contributed by atoms with E-state index in [-0.39, 0.29) is 5.97 Å². The molecule has 0 spiro atoms. The molecule has 0 aliphatic carbocycles. The second kappa shape index (κ2) is 14.0. The van der Waals surface area contributed by atoms with E-state index in [1.807, 2.05) is 0 Å². The summed E-state index contributed by atoms with van der Waals surface area (Å²) < 4.78 is 16.3. The van der Waals surface area contributed by atoms with Crippen LogP contribution in [-0.4, -0.2) is 28.8 Å². The van der Waals surface area contributed by atoms with E-state index in [2.05, 4.69) is 11.7 Å². The molecule has 1 atom stereocenters. The maximum absolute atomic E-state index is 11.7. The summed E-state index contributed by atoms with van der Waals surface area (Å²) in [5, 5.41) is 0. The Morgan fingerprint density at radius 3 is 2.00 bits per heavy atom. The van der Waals surface area contributed by atoms with E-state index in [4.69, 9.17) is 0 Å². The van der Waals surface area contributed by atoms with Crippen LogP contribution >= 0.6 is 0 Å². The molecule has 0 aromatic heterocycles. The van der Waals surface area contributed by atoms with Gasteiger partial charge in [-0.1, -0.05) is 45.4 Å². The minimum absolute atomic E-state index is 0.117. The third-order valence-electron chi connectivity index (χ3n) is 3.21. The van der Waals surface area contributed by atoms with E-state index in [0.29, 0.717) is 6.42 Å². The third kappa shape index (κ3) is 13.8. The topological polar surface area (TPSA) is 43.4 Å². The molecule has 0 radical (unpaired) electrons. The molecular weight excluding hydrogens is 260 g/mol. The van der Waals surface area contributed by atoms with Gasteiger partial charge in [0.15, 0.2) is 0 Å². The number of ether oxygens (including phenoxy) is 1. The quantitative estimate of drug-likeness (QED) is 0.382. The Hall–Kier alpha value is -0.380. The molecule has 19 heavy (non-hydrogen) atoms. The van der Waals surface area contributed by atoms with Crippen molar-refractivity contribution in [2.24, 2.45) is 0 Å². The molecule has 0 fully saturated rings. The molecule has 4 heteroatoms. The highest BCUT2D eigenvalue weighted by molar-refractivity contribution is 7.84. The van der Waals surface area contributed by atoms with Crippen molar-refractivity contribution in [3.8, 4) is 0 Å². The fraction of sp³-hybridized carbons (Fsp3) is 0.933. The third-order valence-corrected chi connectivity index (χ3v) is 4.69. The summed E-state index contributed by atoms with van der Waals surface area (Å²) in [6.45, 7) is 2.19. The predicted molar refractivity (Wildman–Crippen MR) is 81.7 cm³/mol. The minimum Gasteiger partial charge on any atom is -0.469 e. The van der Waals surface area contributed by atoms with E-state index in [1.54, 1.807) is 0 Å². The van der Waals surface area contributed by atoms with Crippen LogP contribution in [0, 0.1) is 0 Å². The molecule has 0 N–H and O–H groups in total. The normalized spacial score (nSPS) is 12.3. The van der Waals surface area contributed by atoms with Crippen molar-refractivity contribution in [2.45, 2.75) is 71.1 Å². The molecule has 0 aliphatic heterocycles. The number of carbonyl (C=O) groups excluding carboxylic acids is 1. The number of hydrogen-bond donors (Lipinski definition) is 0. The Bertz CT molecular complexity index is 242. The zero-order chi connectivity index (χ0) is 14.3. The largest absolute Gasteiger partial charge is 0.469 e. The Balaban J connectivity index is 3.20. The van der Waals surface area contributed by atoms with Crippen molar-refractivity contribution >= 4 is 16.8 Å². The van der Waals surface area contributed by atoms with Gasteiger partial charge in [-0.25, -0.2) is 0 Å². The molecule has 0 saturated carbocycles. The molecule has 114 valence electrons. The maximum Gasteiger partial charge on any atom is 0.305 e. The van der Waals surface area contributed by atoms with Crippen molar-refractivity contribution in [1.29, 1.82) is 0 Å². The lowest BCUT2D eigenvalue weighted by molar-refractivity contribution is -0.140. The van der Waals surface area contributed by atoms with E-state index in [1.165, 1.54) is 26.4 Å². The Labute approximate surface area is 120 Å². The van der Waals surface area contributed by atoms with Gasteiger partial charge in [0.2, 0.25) is 0 Å². The van der Waals surface area contributed by atoms with Gasteiger partial charge in [-0.2, -0.15) is 0 Å². The SMILES string of the molecule is CCCCCCS(=O)CCCCCCCC(=O)OC. The Morgan fingerprint density at radius 1 is 0.895 bits per heavy atom. The Morgan fingerprint density at radius 2 is 1.42 bits per heavy atom. The second-order valence-corrected chi connectivity index (χ2v) is 6.70. The lowest BCUT2D eigenvalue weighted by Gasteiger charge is -2.03. The molecular formula is C15H30O3S. The highest BCUT2D eigenvalue weighted by Gasteiger charge is 2.01. The molecule has 0 amide bonds. The monoisotopic (exact) mass is 290 g/mol. The molecule has 0 saturated heterocycles. The van der Waals surface area contributed by atoms with Gasteiger partial charge in [0.25, 0.3) is 0 Å². The van der Waals surface area contributed by atoms with Crippen molar-refractivity contribution in [3.05, 3.63) is 0 Å². The van der Waals surface area contributed by atoms with Crippen LogP contribution in [0.4, 0.5) is 0 Å². The predicted octanol–water partition coefficient (Wildman–Crippen LogP) is 3.83. The highest BCUT2D eigenvalue weighted by atomic mass is 32.2. The van der Waals surface area contributed by atoms with Crippen LogP contribution in [0.5, 0.6) is 0 Å². The second-order valence-electron chi connectivity index (χ2n) is 5.00. The van der Waals surface area contributed by atoms with Gasteiger partial charge in [-0.15, -0.1) is 0 Å². The van der Waals surface area contributed by atoms with Gasteiger partial charge in [-0.3, -0.25) is 9.00 Å². The lowest BCUT2D eigenvalue weighted by atomic mass is 10.1. The zero-order valence-electron chi connectivity index (χ0n) is 12.6. The van der Waals surface area contributed by atoms with Crippen LogP contribution in [0.2, 0.25) is 0 Å². The van der Waals surface area contributed by atoms with Gasteiger partial charge in [0, 0.05) is 28.7 Å². The molecule has 0 rings (SSSR count). The first kappa shape index (κ1) is 18.6. The number of rotatable bonds is 13. The summed E-state index contributed by atoms with van der Waals surface area (Å²) in [5.41, 5.74) is 0. The van der Waals surface area contributed by atoms with Gasteiger partial charge < -0.3 is 4.74 Å². The van der Waals surface area contributed by atoms with Crippen molar-refractivity contribution in [3.63, 3.8) is 0 Å². The molecule has 0 aromatic carbocycles. The number of unbranched alkanes of at least 4 members (excludes halogenated alkanes) is 7. The standard InChI is InChI=1S/C15H30O3S/c1-3-4-5-10-13-19(17)14-11-8-6-7-9-12-15(16)18-2/h3-14H2,1-2H3. The van der Waals surface area contributed by atoms with Crippen LogP contribution in [0.3, 0.4) is 0 Å². The first-order valence-electron chi connectivity index (χ1n) is 7.62. The summed E-state index contributed by atoms with van der Waals surface area (Å²) >= 11 is 0. The fourth-order valence-corrected chi connectivity index (χ4v) is 3.21. The minimum atomic E-state index is -0.614. The molecule has 3 nitrogen and oxygen atoms in total. The number of esters is 1. The maximum atomic E-state index is 11.7. The van der Waals surface area contributed by atoms with Crippen LogP contribution in [0.1, 0.15) is 71.1 Å². The number of carbonyl (C=O) groups is 1. The summed E-state index contributed by atoms with van der Waals surface area (Å²) in [6, 6.07) is 0.